The third kappa shape index (κ3) is 4.23. The monoisotopic (exact) mass is 472 g/mol. The molecule has 1 N–H and O–H groups in total. The number of halogens is 3. The molecule has 2 aromatic heterocycles. The van der Waals surface area contributed by atoms with E-state index in [0.29, 0.717) is 28.0 Å². The van der Waals surface area contributed by atoms with Crippen LogP contribution in [0, 0.1) is 5.82 Å². The lowest BCUT2D eigenvalue weighted by atomic mass is 10.1. The van der Waals surface area contributed by atoms with Crippen molar-refractivity contribution in [3.05, 3.63) is 53.1 Å². The average Bonchev–Trinajstić information content (AvgIpc) is 3.07. The Kier molecular flexibility index (Phi) is 6.26. The number of amides is 1. The van der Waals surface area contributed by atoms with Gasteiger partial charge < -0.3 is 14.8 Å². The summed E-state index contributed by atoms with van der Waals surface area (Å²) in [6.45, 7) is 0.336. The summed E-state index contributed by atoms with van der Waals surface area (Å²) in [4.78, 5) is 18.9. The van der Waals surface area contributed by atoms with Gasteiger partial charge in [0.05, 0.1) is 27.6 Å². The molecular formula is C19H19Cl2FN4O3S. The number of carbonyl (C=O) groups is 1. The number of anilines is 2. The molecular weight excluding hydrogens is 454 g/mol. The van der Waals surface area contributed by atoms with E-state index in [1.807, 2.05) is 23.9 Å². The molecule has 7 nitrogen and oxygen atoms in total. The molecule has 0 saturated carbocycles. The molecule has 0 atom stereocenters. The Morgan fingerprint density at radius 2 is 1.93 bits per heavy atom. The van der Waals surface area contributed by atoms with E-state index >= 15 is 0 Å². The predicted molar refractivity (Wildman–Crippen MR) is 117 cm³/mol. The lowest BCUT2D eigenvalue weighted by Crippen LogP contribution is -2.43. The average molecular weight is 473 g/mol. The maximum atomic E-state index is 13.4. The first-order valence-corrected chi connectivity index (χ1v) is 11.1. The number of benzene rings is 1. The highest BCUT2D eigenvalue weighted by molar-refractivity contribution is 7.91. The smallest absolute Gasteiger partial charge is 0.257 e. The van der Waals surface area contributed by atoms with Gasteiger partial charge in [0, 0.05) is 43.6 Å². The highest BCUT2D eigenvalue weighted by Crippen LogP contribution is 2.30. The molecule has 0 unspecified atom stereocenters. The normalized spacial score (nSPS) is 15.6. The van der Waals surface area contributed by atoms with Crippen molar-refractivity contribution in [1.29, 1.82) is 0 Å². The van der Waals surface area contributed by atoms with Crippen LogP contribution in [-0.4, -0.2) is 53.4 Å². The van der Waals surface area contributed by atoms with E-state index in [9.17, 15) is 17.6 Å². The number of aromatic nitrogens is 2. The lowest BCUT2D eigenvalue weighted by Gasteiger charge is -2.27. The summed E-state index contributed by atoms with van der Waals surface area (Å²) in [6.07, 6.45) is 3.29. The van der Waals surface area contributed by atoms with E-state index in [2.05, 4.69) is 10.3 Å². The Bertz CT molecular complexity index is 1220. The van der Waals surface area contributed by atoms with E-state index in [1.54, 1.807) is 6.07 Å². The SMILES string of the molecule is Cl.Cn1ccc2c(Nc3ccc(F)c(Cl)c3)ncc(C(=O)N3CCS(=O)(=O)CC3)c21. The fourth-order valence-corrected chi connectivity index (χ4v) is 4.75. The van der Waals surface area contributed by atoms with Crippen molar-refractivity contribution in [2.24, 2.45) is 7.05 Å². The molecule has 0 aliphatic carbocycles. The molecule has 3 heterocycles. The molecule has 1 aliphatic rings. The van der Waals surface area contributed by atoms with Crippen molar-refractivity contribution in [1.82, 2.24) is 14.5 Å². The number of fused-ring (bicyclic) bond motifs is 1. The summed E-state index contributed by atoms with van der Waals surface area (Å²) < 4.78 is 38.5. The van der Waals surface area contributed by atoms with Crippen molar-refractivity contribution in [3.63, 3.8) is 0 Å². The zero-order valence-corrected chi connectivity index (χ0v) is 18.3. The van der Waals surface area contributed by atoms with Crippen LogP contribution in [0.3, 0.4) is 0 Å². The van der Waals surface area contributed by atoms with Crippen LogP contribution in [0.2, 0.25) is 5.02 Å². The number of hydrogen-bond acceptors (Lipinski definition) is 5. The van der Waals surface area contributed by atoms with Gasteiger partial charge in [0.2, 0.25) is 0 Å². The van der Waals surface area contributed by atoms with Gasteiger partial charge in [-0.05, 0) is 24.3 Å². The van der Waals surface area contributed by atoms with Gasteiger partial charge in [0.25, 0.3) is 5.91 Å². The fourth-order valence-electron chi connectivity index (χ4n) is 3.37. The Morgan fingerprint density at radius 1 is 1.23 bits per heavy atom. The Labute approximate surface area is 184 Å². The molecule has 1 aliphatic heterocycles. The van der Waals surface area contributed by atoms with E-state index in [-0.39, 0.29) is 47.9 Å². The minimum Gasteiger partial charge on any atom is -0.350 e. The zero-order chi connectivity index (χ0) is 20.8. The first kappa shape index (κ1) is 22.3. The molecule has 4 rings (SSSR count). The van der Waals surface area contributed by atoms with Crippen molar-refractivity contribution in [3.8, 4) is 0 Å². The quantitative estimate of drug-likeness (QED) is 0.631. The Morgan fingerprint density at radius 3 is 2.60 bits per heavy atom. The van der Waals surface area contributed by atoms with Crippen molar-refractivity contribution in [2.45, 2.75) is 0 Å². The van der Waals surface area contributed by atoms with Crippen LogP contribution in [0.25, 0.3) is 10.9 Å². The number of sulfone groups is 1. The third-order valence-corrected chi connectivity index (χ3v) is 6.85. The molecule has 0 spiro atoms. The maximum absolute atomic E-state index is 13.4. The van der Waals surface area contributed by atoms with Gasteiger partial charge in [-0.25, -0.2) is 17.8 Å². The van der Waals surface area contributed by atoms with Crippen molar-refractivity contribution in [2.75, 3.05) is 29.9 Å². The number of hydrogen-bond donors (Lipinski definition) is 1. The van der Waals surface area contributed by atoms with E-state index in [4.69, 9.17) is 11.6 Å². The van der Waals surface area contributed by atoms with Gasteiger partial charge in [-0.15, -0.1) is 12.4 Å². The number of nitrogens with zero attached hydrogens (tertiary/aromatic N) is 3. The number of aryl methyl sites for hydroxylation is 1. The fraction of sp³-hybridized carbons (Fsp3) is 0.263. The van der Waals surface area contributed by atoms with Gasteiger partial charge >= 0.3 is 0 Å². The van der Waals surface area contributed by atoms with Crippen molar-refractivity contribution >= 4 is 62.2 Å². The second-order valence-corrected chi connectivity index (χ2v) is 9.62. The second kappa shape index (κ2) is 8.41. The van der Waals surface area contributed by atoms with E-state index in [0.717, 1.165) is 0 Å². The summed E-state index contributed by atoms with van der Waals surface area (Å²) in [5, 5.41) is 3.81. The molecule has 160 valence electrons. The summed E-state index contributed by atoms with van der Waals surface area (Å²) in [5.74, 6) is -0.336. The first-order valence-electron chi connectivity index (χ1n) is 8.91. The van der Waals surface area contributed by atoms with Crippen LogP contribution in [0.1, 0.15) is 10.4 Å². The lowest BCUT2D eigenvalue weighted by molar-refractivity contribution is 0.0771. The molecule has 1 fully saturated rings. The number of nitrogens with one attached hydrogen (secondary N) is 1. The minimum absolute atomic E-state index is 0. The predicted octanol–water partition coefficient (Wildman–Crippen LogP) is 3.40. The van der Waals surface area contributed by atoms with E-state index in [1.165, 1.54) is 23.2 Å². The molecule has 30 heavy (non-hydrogen) atoms. The molecule has 1 aromatic carbocycles. The summed E-state index contributed by atoms with van der Waals surface area (Å²) in [7, 11) is -1.26. The topological polar surface area (TPSA) is 84.3 Å². The van der Waals surface area contributed by atoms with Gasteiger partial charge in [-0.2, -0.15) is 0 Å². The molecule has 0 bridgehead atoms. The molecule has 1 saturated heterocycles. The van der Waals surface area contributed by atoms with Crippen LogP contribution in [0.5, 0.6) is 0 Å². The highest BCUT2D eigenvalue weighted by atomic mass is 35.5. The van der Waals surface area contributed by atoms with Crippen LogP contribution < -0.4 is 5.32 Å². The Hall–Kier alpha value is -2.36. The standard InChI is InChI=1S/C19H18ClFN4O3S.ClH/c1-24-5-4-13-17(24)14(19(26)25-6-8-29(27,28)9-7-25)11-22-18(13)23-12-2-3-16(21)15(20)10-12;/h2-5,10-11H,6-9H2,1H3,(H,22,23);1H. The number of rotatable bonds is 3. The molecule has 3 aromatic rings. The molecule has 1 amide bonds. The summed E-state index contributed by atoms with van der Waals surface area (Å²) in [5.41, 5.74) is 1.64. The number of carbonyl (C=O) groups excluding carboxylic acids is 1. The van der Waals surface area contributed by atoms with E-state index < -0.39 is 15.7 Å². The van der Waals surface area contributed by atoms with Gasteiger partial charge in [0.1, 0.15) is 11.6 Å². The van der Waals surface area contributed by atoms with Gasteiger partial charge in [0.15, 0.2) is 9.84 Å². The van der Waals surface area contributed by atoms with Crippen LogP contribution in [-0.2, 0) is 16.9 Å². The summed E-state index contributed by atoms with van der Waals surface area (Å²) >= 11 is 5.84. The second-order valence-electron chi connectivity index (χ2n) is 6.91. The van der Waals surface area contributed by atoms with Crippen molar-refractivity contribution < 1.29 is 17.6 Å². The summed E-state index contributed by atoms with van der Waals surface area (Å²) in [6, 6.07) is 6.09. The highest BCUT2D eigenvalue weighted by Gasteiger charge is 2.28. The molecule has 0 radical (unpaired) electrons. The van der Waals surface area contributed by atoms with Gasteiger partial charge in [-0.3, -0.25) is 4.79 Å². The largest absolute Gasteiger partial charge is 0.350 e. The maximum Gasteiger partial charge on any atom is 0.257 e. The van der Waals surface area contributed by atoms with Crippen LogP contribution in [0.4, 0.5) is 15.9 Å². The van der Waals surface area contributed by atoms with Crippen LogP contribution >= 0.6 is 24.0 Å². The number of pyridine rings is 1. The Balaban J connectivity index is 0.00000256. The minimum atomic E-state index is -3.08. The molecule has 11 heteroatoms. The zero-order valence-electron chi connectivity index (χ0n) is 15.9. The first-order chi connectivity index (χ1) is 13.7. The van der Waals surface area contributed by atoms with Crippen LogP contribution in [0.15, 0.2) is 36.7 Å². The third-order valence-electron chi connectivity index (χ3n) is 4.95. The van der Waals surface area contributed by atoms with Gasteiger partial charge in [-0.1, -0.05) is 11.6 Å².